The number of halogens is 2. The summed E-state index contributed by atoms with van der Waals surface area (Å²) in [5.74, 6) is -2.59. The molecule has 0 unspecified atom stereocenters. The number of benzene rings is 3. The second kappa shape index (κ2) is 13.4. The highest BCUT2D eigenvalue weighted by Crippen LogP contribution is 2.32. The Labute approximate surface area is 260 Å². The molecule has 0 fully saturated rings. The molecule has 4 rings (SSSR count). The summed E-state index contributed by atoms with van der Waals surface area (Å²) in [6.07, 6.45) is 3.79. The number of carbonyl (C=O) groups is 4. The molecule has 0 aromatic heterocycles. The Hall–Kier alpha value is -4.14. The summed E-state index contributed by atoms with van der Waals surface area (Å²) >= 11 is 12.2. The molecule has 43 heavy (non-hydrogen) atoms. The number of anilines is 1. The van der Waals surface area contributed by atoms with E-state index in [0.29, 0.717) is 16.8 Å². The van der Waals surface area contributed by atoms with E-state index in [-0.39, 0.29) is 22.0 Å². The fourth-order valence-corrected chi connectivity index (χ4v) is 5.36. The minimum absolute atomic E-state index is 0.0271. The molecule has 3 N–H and O–H groups in total. The van der Waals surface area contributed by atoms with Gasteiger partial charge in [0.2, 0.25) is 0 Å². The number of allylic oxidation sites excluding steroid dienone is 1. The number of rotatable bonds is 8. The number of fused-ring (bicyclic) bond motifs is 1. The number of hydrogen-bond donors (Lipinski definition) is 3. The average molecular weight is 624 g/mol. The Balaban J connectivity index is 1.42. The topological polar surface area (TPSA) is 122 Å². The van der Waals surface area contributed by atoms with Gasteiger partial charge in [0.05, 0.1) is 15.6 Å². The van der Waals surface area contributed by atoms with Crippen molar-refractivity contribution in [2.45, 2.75) is 58.1 Å². The first kappa shape index (κ1) is 31.8. The van der Waals surface area contributed by atoms with E-state index >= 15 is 0 Å². The van der Waals surface area contributed by atoms with Crippen LogP contribution in [0.5, 0.6) is 0 Å². The number of carboxylic acid groups (broad SMARTS) is 1. The Morgan fingerprint density at radius 1 is 0.953 bits per heavy atom. The maximum atomic E-state index is 13.1. The zero-order chi connectivity index (χ0) is 31.3. The highest BCUT2D eigenvalue weighted by atomic mass is 35.5. The molecule has 0 bridgehead atoms. The van der Waals surface area contributed by atoms with Crippen LogP contribution in [0.4, 0.5) is 5.69 Å². The normalized spacial score (nSPS) is 14.4. The van der Waals surface area contributed by atoms with Crippen molar-refractivity contribution in [3.8, 4) is 0 Å². The Bertz CT molecular complexity index is 1570. The zero-order valence-corrected chi connectivity index (χ0v) is 25.5. The van der Waals surface area contributed by atoms with Gasteiger partial charge in [-0.25, -0.2) is 9.59 Å². The molecule has 1 aliphatic rings. The van der Waals surface area contributed by atoms with Crippen LogP contribution in [0, 0.1) is 0 Å². The van der Waals surface area contributed by atoms with Crippen molar-refractivity contribution >= 4 is 58.2 Å². The van der Waals surface area contributed by atoms with Crippen molar-refractivity contribution < 1.29 is 29.0 Å². The molecule has 1 atom stereocenters. The van der Waals surface area contributed by atoms with Crippen LogP contribution >= 0.6 is 23.2 Å². The Morgan fingerprint density at radius 2 is 1.63 bits per heavy atom. The molecular weight excluding hydrogens is 591 g/mol. The largest absolute Gasteiger partial charge is 0.480 e. The highest BCUT2D eigenvalue weighted by molar-refractivity contribution is 6.40. The van der Waals surface area contributed by atoms with E-state index in [1.807, 2.05) is 20.8 Å². The predicted octanol–water partition coefficient (Wildman–Crippen LogP) is 6.73. The summed E-state index contributed by atoms with van der Waals surface area (Å²) in [6, 6.07) is 15.3. The number of carbonyl (C=O) groups excluding carboxylic acids is 3. The van der Waals surface area contributed by atoms with Crippen molar-refractivity contribution in [1.29, 1.82) is 0 Å². The van der Waals surface area contributed by atoms with Crippen LogP contribution in [-0.4, -0.2) is 40.5 Å². The number of aliphatic carboxylic acids is 1. The third-order valence-electron chi connectivity index (χ3n) is 6.75. The number of carboxylic acids is 1. The van der Waals surface area contributed by atoms with E-state index in [1.54, 1.807) is 60.7 Å². The summed E-state index contributed by atoms with van der Waals surface area (Å²) in [6.45, 7) is 5.42. The Kier molecular flexibility index (Phi) is 9.94. The van der Waals surface area contributed by atoms with Gasteiger partial charge in [-0.3, -0.25) is 9.59 Å². The maximum absolute atomic E-state index is 13.1. The van der Waals surface area contributed by atoms with E-state index < -0.39 is 35.4 Å². The lowest BCUT2D eigenvalue weighted by molar-refractivity contribution is -0.148. The van der Waals surface area contributed by atoms with Crippen LogP contribution in [0.25, 0.3) is 5.57 Å². The van der Waals surface area contributed by atoms with E-state index in [4.69, 9.17) is 27.9 Å². The number of nitrogens with one attached hydrogen (secondary N) is 2. The van der Waals surface area contributed by atoms with Crippen LogP contribution in [0.2, 0.25) is 10.0 Å². The van der Waals surface area contributed by atoms with Gasteiger partial charge in [0.25, 0.3) is 11.8 Å². The van der Waals surface area contributed by atoms with Crippen LogP contribution < -0.4 is 10.6 Å². The minimum atomic E-state index is -1.19. The third kappa shape index (κ3) is 8.46. The van der Waals surface area contributed by atoms with Gasteiger partial charge in [0, 0.05) is 23.7 Å². The maximum Gasteiger partial charge on any atom is 0.331 e. The van der Waals surface area contributed by atoms with E-state index in [2.05, 4.69) is 10.6 Å². The van der Waals surface area contributed by atoms with E-state index in [0.717, 1.165) is 36.0 Å². The van der Waals surface area contributed by atoms with Gasteiger partial charge in [0.1, 0.15) is 11.6 Å². The monoisotopic (exact) mass is 622 g/mol. The van der Waals surface area contributed by atoms with Gasteiger partial charge >= 0.3 is 11.9 Å². The summed E-state index contributed by atoms with van der Waals surface area (Å²) < 4.78 is 5.42. The van der Waals surface area contributed by atoms with Crippen molar-refractivity contribution in [3.05, 3.63) is 105 Å². The van der Waals surface area contributed by atoms with Crippen LogP contribution in [0.3, 0.4) is 0 Å². The molecule has 10 heteroatoms. The predicted molar refractivity (Wildman–Crippen MR) is 167 cm³/mol. The summed E-state index contributed by atoms with van der Waals surface area (Å²) in [5, 5.41) is 15.6. The highest BCUT2D eigenvalue weighted by Gasteiger charge is 2.24. The first-order valence-electron chi connectivity index (χ1n) is 13.8. The molecule has 0 spiro atoms. The van der Waals surface area contributed by atoms with Gasteiger partial charge in [-0.2, -0.15) is 0 Å². The average Bonchev–Trinajstić information content (AvgIpc) is 2.92. The molecule has 0 heterocycles. The Morgan fingerprint density at radius 3 is 2.26 bits per heavy atom. The first-order valence-corrected chi connectivity index (χ1v) is 14.5. The van der Waals surface area contributed by atoms with Gasteiger partial charge < -0.3 is 20.5 Å². The number of ether oxygens (including phenoxy) is 1. The smallest absolute Gasteiger partial charge is 0.331 e. The molecule has 3 aromatic rings. The molecule has 224 valence electrons. The number of amides is 2. The molecule has 3 aromatic carbocycles. The van der Waals surface area contributed by atoms with Crippen LogP contribution in [0.15, 0.2) is 66.7 Å². The van der Waals surface area contributed by atoms with Crippen LogP contribution in [0.1, 0.15) is 71.0 Å². The SMILES string of the molecule is CC(C)(C)OC(=O)C=C1CCCc2cc(C(=O)N[C@@H](Cc3ccc(NC(=O)c4c(Cl)cccc4Cl)cc3)C(=O)O)ccc21. The van der Waals surface area contributed by atoms with Gasteiger partial charge in [-0.05, 0) is 98.7 Å². The van der Waals surface area contributed by atoms with Gasteiger partial charge in [-0.1, -0.05) is 47.5 Å². The first-order chi connectivity index (χ1) is 20.3. The standard InChI is InChI=1S/C33H32Cl2N2O6/c1-33(2,3)43-28(38)18-21-7-4-6-20-17-22(12-15-24(20)21)30(39)37-27(32(41)42)16-19-10-13-23(14-11-19)36-31(40)29-25(34)8-5-9-26(29)35/h5,8-15,17-18,27H,4,6-7,16H2,1-3H3,(H,36,40)(H,37,39)(H,41,42)/t27-/m0/s1. The lowest BCUT2D eigenvalue weighted by Gasteiger charge is -2.22. The molecule has 8 nitrogen and oxygen atoms in total. The molecule has 1 aliphatic carbocycles. The quantitative estimate of drug-likeness (QED) is 0.189. The van der Waals surface area contributed by atoms with Gasteiger partial charge in [0.15, 0.2) is 0 Å². The number of hydrogen-bond acceptors (Lipinski definition) is 5. The minimum Gasteiger partial charge on any atom is -0.480 e. The second-order valence-corrected chi connectivity index (χ2v) is 12.1. The molecular formula is C33H32Cl2N2O6. The number of esters is 1. The summed E-state index contributed by atoms with van der Waals surface area (Å²) in [4.78, 5) is 50.1. The second-order valence-electron chi connectivity index (χ2n) is 11.2. The third-order valence-corrected chi connectivity index (χ3v) is 7.38. The van der Waals surface area contributed by atoms with Crippen molar-refractivity contribution in [2.75, 3.05) is 5.32 Å². The van der Waals surface area contributed by atoms with Gasteiger partial charge in [-0.15, -0.1) is 0 Å². The van der Waals surface area contributed by atoms with Crippen molar-refractivity contribution in [3.63, 3.8) is 0 Å². The fourth-order valence-electron chi connectivity index (χ4n) is 4.79. The molecule has 0 radical (unpaired) electrons. The lowest BCUT2D eigenvalue weighted by Crippen LogP contribution is -2.42. The summed E-state index contributed by atoms with van der Waals surface area (Å²) in [5.41, 5.74) is 3.64. The zero-order valence-electron chi connectivity index (χ0n) is 24.0. The van der Waals surface area contributed by atoms with E-state index in [1.165, 1.54) is 6.08 Å². The van der Waals surface area contributed by atoms with Crippen LogP contribution in [-0.2, 0) is 27.2 Å². The van der Waals surface area contributed by atoms with Crippen molar-refractivity contribution in [2.24, 2.45) is 0 Å². The lowest BCUT2D eigenvalue weighted by atomic mass is 9.86. The molecule has 0 saturated heterocycles. The molecule has 0 saturated carbocycles. The molecule has 0 aliphatic heterocycles. The summed E-state index contributed by atoms with van der Waals surface area (Å²) in [7, 11) is 0. The number of aryl methyl sites for hydroxylation is 1. The van der Waals surface area contributed by atoms with E-state index in [9.17, 15) is 24.3 Å². The fraction of sp³-hybridized carbons (Fsp3) is 0.273. The molecule has 2 amide bonds. The van der Waals surface area contributed by atoms with Crippen molar-refractivity contribution in [1.82, 2.24) is 5.32 Å².